The molecular formula is C29H26BrN2-. The number of benzene rings is 4. The fourth-order valence-corrected chi connectivity index (χ4v) is 4.34. The zero-order chi connectivity index (χ0) is 20.9. The van der Waals surface area contributed by atoms with Gasteiger partial charge in [0.15, 0.2) is 0 Å². The summed E-state index contributed by atoms with van der Waals surface area (Å²) in [6, 6.07) is 43.1. The summed E-state index contributed by atoms with van der Waals surface area (Å²) in [6.07, 6.45) is 0. The van der Waals surface area contributed by atoms with E-state index in [2.05, 4.69) is 131 Å². The second-order valence-corrected chi connectivity index (χ2v) is 7.94. The van der Waals surface area contributed by atoms with Gasteiger partial charge in [-0.25, -0.2) is 0 Å². The lowest BCUT2D eigenvalue weighted by Gasteiger charge is -2.25. The van der Waals surface area contributed by atoms with Crippen LogP contribution < -0.4 is 17.0 Å². The second kappa shape index (κ2) is 10.3. The van der Waals surface area contributed by atoms with Gasteiger partial charge in [0.25, 0.3) is 0 Å². The van der Waals surface area contributed by atoms with Crippen LogP contribution in [0.1, 0.15) is 22.3 Å². The van der Waals surface area contributed by atoms with Crippen molar-refractivity contribution in [2.45, 2.75) is 13.1 Å². The third-order valence-electron chi connectivity index (χ3n) is 5.73. The van der Waals surface area contributed by atoms with E-state index in [1.165, 1.54) is 33.6 Å². The lowest BCUT2D eigenvalue weighted by atomic mass is 10.0. The maximum absolute atomic E-state index is 2.51. The summed E-state index contributed by atoms with van der Waals surface area (Å²) < 4.78 is 0. The van der Waals surface area contributed by atoms with Crippen LogP contribution >= 0.6 is 0 Å². The first-order chi connectivity index (χ1) is 15.4. The molecule has 4 aromatic rings. The van der Waals surface area contributed by atoms with Crippen LogP contribution in [0.25, 0.3) is 11.4 Å². The van der Waals surface area contributed by atoms with E-state index in [9.17, 15) is 0 Å². The molecule has 0 radical (unpaired) electrons. The fraction of sp³-hybridized carbons (Fsp3) is 0.103. The van der Waals surface area contributed by atoms with Gasteiger partial charge in [0.2, 0.25) is 0 Å². The van der Waals surface area contributed by atoms with Crippen molar-refractivity contribution in [2.75, 3.05) is 6.67 Å². The van der Waals surface area contributed by atoms with Gasteiger partial charge in [-0.1, -0.05) is 121 Å². The smallest absolute Gasteiger partial charge is 0.0911 e. The first kappa shape index (κ1) is 21.9. The molecule has 32 heavy (non-hydrogen) atoms. The Bertz CT molecular complexity index is 1050. The molecule has 0 saturated carbocycles. The summed E-state index contributed by atoms with van der Waals surface area (Å²) in [6.45, 7) is 2.62. The van der Waals surface area contributed by atoms with E-state index in [4.69, 9.17) is 0 Å². The fourth-order valence-electron chi connectivity index (χ4n) is 4.34. The molecule has 0 unspecified atom stereocenters. The average molecular weight is 482 g/mol. The van der Waals surface area contributed by atoms with Gasteiger partial charge >= 0.3 is 0 Å². The van der Waals surface area contributed by atoms with E-state index in [-0.39, 0.29) is 17.0 Å². The molecule has 2 nitrogen and oxygen atoms in total. The summed E-state index contributed by atoms with van der Waals surface area (Å²) >= 11 is 0. The normalized spacial score (nSPS) is 13.2. The lowest BCUT2D eigenvalue weighted by molar-refractivity contribution is -0.00000604. The Kier molecular flexibility index (Phi) is 7.08. The number of rotatable bonds is 6. The zero-order valence-corrected chi connectivity index (χ0v) is 19.5. The van der Waals surface area contributed by atoms with Crippen LogP contribution in [0.15, 0.2) is 121 Å². The van der Waals surface area contributed by atoms with Crippen LogP contribution in [-0.4, -0.2) is 16.5 Å². The van der Waals surface area contributed by atoms with Gasteiger partial charge in [0.1, 0.15) is 0 Å². The van der Waals surface area contributed by atoms with Crippen LogP contribution in [0.2, 0.25) is 0 Å². The Morgan fingerprint density at radius 3 is 1.09 bits per heavy atom. The molecule has 0 spiro atoms. The predicted octanol–water partition coefficient (Wildman–Crippen LogP) is 3.49. The van der Waals surface area contributed by atoms with Crippen molar-refractivity contribution in [3.63, 3.8) is 0 Å². The molecule has 0 atom stereocenters. The molecule has 0 bridgehead atoms. The van der Waals surface area contributed by atoms with Crippen molar-refractivity contribution in [2.24, 2.45) is 0 Å². The van der Waals surface area contributed by atoms with E-state index in [1.54, 1.807) is 0 Å². The van der Waals surface area contributed by atoms with Crippen molar-refractivity contribution in [3.05, 3.63) is 144 Å². The summed E-state index contributed by atoms with van der Waals surface area (Å²) in [5, 5.41) is 0. The third kappa shape index (κ3) is 4.79. The molecule has 0 N–H and O–H groups in total. The number of hydrogen-bond donors (Lipinski definition) is 0. The van der Waals surface area contributed by atoms with Crippen molar-refractivity contribution in [3.8, 4) is 0 Å². The summed E-state index contributed by atoms with van der Waals surface area (Å²) in [7, 11) is 0. The minimum atomic E-state index is 0. The monoisotopic (exact) mass is 481 g/mol. The van der Waals surface area contributed by atoms with Gasteiger partial charge in [-0.15, -0.1) is 0 Å². The number of hydrogen-bond acceptors (Lipinski definition) is 2. The SMILES string of the molecule is [Br-].c1ccc(CN2CN(Cc3ccccc3)C(c3ccccc3)=C2c2ccccc2)cc1. The van der Waals surface area contributed by atoms with Crippen LogP contribution in [0.3, 0.4) is 0 Å². The van der Waals surface area contributed by atoms with Gasteiger partial charge < -0.3 is 26.8 Å². The van der Waals surface area contributed by atoms with Gasteiger partial charge in [-0.2, -0.15) is 0 Å². The highest BCUT2D eigenvalue weighted by Crippen LogP contribution is 2.39. The molecule has 3 heteroatoms. The van der Waals surface area contributed by atoms with Crippen molar-refractivity contribution in [1.82, 2.24) is 9.80 Å². The molecule has 0 saturated heterocycles. The van der Waals surface area contributed by atoms with Gasteiger partial charge in [0.05, 0.1) is 18.1 Å². The van der Waals surface area contributed by atoms with E-state index >= 15 is 0 Å². The van der Waals surface area contributed by atoms with Crippen LogP contribution in [0.5, 0.6) is 0 Å². The van der Waals surface area contributed by atoms with Gasteiger partial charge in [-0.3, -0.25) is 0 Å². The van der Waals surface area contributed by atoms with Crippen molar-refractivity contribution in [1.29, 1.82) is 0 Å². The molecule has 1 aliphatic rings. The minimum absolute atomic E-state index is 0. The molecule has 0 aromatic heterocycles. The lowest BCUT2D eigenvalue weighted by Crippen LogP contribution is -3.00. The molecular weight excluding hydrogens is 456 g/mol. The highest BCUT2D eigenvalue weighted by molar-refractivity contribution is 5.90. The first-order valence-electron chi connectivity index (χ1n) is 10.8. The van der Waals surface area contributed by atoms with Crippen molar-refractivity contribution < 1.29 is 17.0 Å². The molecule has 160 valence electrons. The van der Waals surface area contributed by atoms with Gasteiger partial charge in [0, 0.05) is 24.2 Å². The predicted molar refractivity (Wildman–Crippen MR) is 129 cm³/mol. The topological polar surface area (TPSA) is 6.48 Å². The Hall–Kier alpha value is -3.30. The van der Waals surface area contributed by atoms with E-state index in [0.29, 0.717) is 0 Å². The standard InChI is InChI=1S/C29H26N2.BrH/c1-5-13-24(14-6-1)21-30-23-31(22-25-15-7-2-8-16-25)29(27-19-11-4-12-20-27)28(30)26-17-9-3-10-18-26;/h1-20H,21-23H2;1H/p-1. The second-order valence-electron chi connectivity index (χ2n) is 7.94. The number of halogens is 1. The minimum Gasteiger partial charge on any atom is -1.00 e. The Morgan fingerprint density at radius 1 is 0.438 bits per heavy atom. The summed E-state index contributed by atoms with van der Waals surface area (Å²) in [5.41, 5.74) is 7.76. The number of nitrogens with zero attached hydrogens (tertiary/aromatic N) is 2. The van der Waals surface area contributed by atoms with Crippen LogP contribution in [0.4, 0.5) is 0 Å². The summed E-state index contributed by atoms with van der Waals surface area (Å²) in [5.74, 6) is 0. The average Bonchev–Trinajstić information content (AvgIpc) is 3.19. The maximum atomic E-state index is 2.51. The highest BCUT2D eigenvalue weighted by atomic mass is 79.9. The van der Waals surface area contributed by atoms with Crippen molar-refractivity contribution >= 4 is 11.4 Å². The molecule has 0 fully saturated rings. The molecule has 5 rings (SSSR count). The zero-order valence-electron chi connectivity index (χ0n) is 17.9. The molecule has 4 aromatic carbocycles. The quantitative estimate of drug-likeness (QED) is 0.415. The van der Waals surface area contributed by atoms with Gasteiger partial charge in [-0.05, 0) is 11.1 Å². The van der Waals surface area contributed by atoms with E-state index < -0.39 is 0 Å². The molecule has 0 amide bonds. The Balaban J connectivity index is 0.00000245. The van der Waals surface area contributed by atoms with Crippen LogP contribution in [-0.2, 0) is 13.1 Å². The highest BCUT2D eigenvalue weighted by Gasteiger charge is 2.30. The van der Waals surface area contributed by atoms with E-state index in [0.717, 1.165) is 19.8 Å². The first-order valence-corrected chi connectivity index (χ1v) is 10.8. The molecule has 1 heterocycles. The van der Waals surface area contributed by atoms with Crippen LogP contribution in [0, 0.1) is 0 Å². The molecule has 0 aliphatic carbocycles. The third-order valence-corrected chi connectivity index (χ3v) is 5.73. The Labute approximate surface area is 201 Å². The Morgan fingerprint density at radius 2 is 0.750 bits per heavy atom. The molecule has 1 aliphatic heterocycles. The maximum Gasteiger partial charge on any atom is 0.0911 e. The summed E-state index contributed by atoms with van der Waals surface area (Å²) in [4.78, 5) is 5.02. The van der Waals surface area contributed by atoms with E-state index in [1.807, 2.05) is 0 Å². The largest absolute Gasteiger partial charge is 1.00 e.